The lowest BCUT2D eigenvalue weighted by Gasteiger charge is -2.46. The van der Waals surface area contributed by atoms with Crippen molar-refractivity contribution in [1.29, 1.82) is 0 Å². The Kier molecular flexibility index (Phi) is 3.41. The van der Waals surface area contributed by atoms with Crippen LogP contribution in [0.15, 0.2) is 22.7 Å². The number of nitrogens with two attached hydrogens (primary N) is 1. The predicted octanol–water partition coefficient (Wildman–Crippen LogP) is 4.19. The highest BCUT2D eigenvalue weighted by Gasteiger charge is 2.43. The predicted molar refractivity (Wildman–Crippen MR) is 86.7 cm³/mol. The van der Waals surface area contributed by atoms with Gasteiger partial charge in [0, 0.05) is 16.4 Å². The Morgan fingerprint density at radius 1 is 1.35 bits per heavy atom. The van der Waals surface area contributed by atoms with E-state index in [1.54, 1.807) is 0 Å². The SMILES string of the molecule is CC1C(N)CCC(c2nc3ccc(Br)cc3[nH]2)C1(C)C. The van der Waals surface area contributed by atoms with E-state index in [2.05, 4.69) is 53.8 Å². The van der Waals surface area contributed by atoms with Gasteiger partial charge in [0.05, 0.1) is 11.0 Å². The molecule has 3 N–H and O–H groups in total. The Labute approximate surface area is 128 Å². The summed E-state index contributed by atoms with van der Waals surface area (Å²) in [5.41, 5.74) is 8.57. The molecule has 3 rings (SSSR count). The molecule has 4 heteroatoms. The molecular formula is C16H22BrN3. The van der Waals surface area contributed by atoms with E-state index in [1.807, 2.05) is 6.07 Å². The largest absolute Gasteiger partial charge is 0.342 e. The summed E-state index contributed by atoms with van der Waals surface area (Å²) in [7, 11) is 0. The molecule has 108 valence electrons. The van der Waals surface area contributed by atoms with Gasteiger partial charge < -0.3 is 10.7 Å². The number of hydrogen-bond donors (Lipinski definition) is 2. The van der Waals surface area contributed by atoms with Gasteiger partial charge >= 0.3 is 0 Å². The van der Waals surface area contributed by atoms with Crippen LogP contribution in [0.5, 0.6) is 0 Å². The molecule has 2 aromatic rings. The quantitative estimate of drug-likeness (QED) is 0.820. The van der Waals surface area contributed by atoms with Gasteiger partial charge in [-0.2, -0.15) is 0 Å². The van der Waals surface area contributed by atoms with Crippen LogP contribution in [0.3, 0.4) is 0 Å². The second-order valence-electron chi connectivity index (χ2n) is 6.69. The summed E-state index contributed by atoms with van der Waals surface area (Å²) in [6.07, 6.45) is 2.19. The number of hydrogen-bond acceptors (Lipinski definition) is 2. The Morgan fingerprint density at radius 2 is 2.10 bits per heavy atom. The highest BCUT2D eigenvalue weighted by atomic mass is 79.9. The fourth-order valence-electron chi connectivity index (χ4n) is 3.51. The lowest BCUT2D eigenvalue weighted by atomic mass is 9.61. The molecule has 1 heterocycles. The van der Waals surface area contributed by atoms with Gasteiger partial charge in [0.15, 0.2) is 0 Å². The molecule has 0 aliphatic heterocycles. The van der Waals surface area contributed by atoms with Crippen LogP contribution < -0.4 is 5.73 Å². The van der Waals surface area contributed by atoms with Gasteiger partial charge in [-0.25, -0.2) is 4.98 Å². The van der Waals surface area contributed by atoms with Crippen LogP contribution in [0.25, 0.3) is 11.0 Å². The molecule has 3 unspecified atom stereocenters. The topological polar surface area (TPSA) is 54.7 Å². The van der Waals surface area contributed by atoms with E-state index in [1.165, 1.54) is 0 Å². The first kappa shape index (κ1) is 14.1. The highest BCUT2D eigenvalue weighted by Crippen LogP contribution is 2.49. The summed E-state index contributed by atoms with van der Waals surface area (Å²) in [4.78, 5) is 8.33. The van der Waals surface area contributed by atoms with Crippen LogP contribution in [-0.2, 0) is 0 Å². The number of nitrogens with one attached hydrogen (secondary N) is 1. The van der Waals surface area contributed by atoms with Gasteiger partial charge in [0.2, 0.25) is 0 Å². The maximum atomic E-state index is 6.25. The van der Waals surface area contributed by atoms with Crippen LogP contribution in [0.1, 0.15) is 45.4 Å². The third kappa shape index (κ3) is 2.19. The van der Waals surface area contributed by atoms with Crippen molar-refractivity contribution >= 4 is 27.0 Å². The molecule has 0 amide bonds. The van der Waals surface area contributed by atoms with Crippen LogP contribution in [0.4, 0.5) is 0 Å². The first-order valence-electron chi connectivity index (χ1n) is 7.30. The number of benzene rings is 1. The minimum atomic E-state index is 0.169. The Balaban J connectivity index is 2.01. The number of imidazole rings is 1. The zero-order valence-corrected chi connectivity index (χ0v) is 13.9. The van der Waals surface area contributed by atoms with Crippen LogP contribution in [-0.4, -0.2) is 16.0 Å². The zero-order chi connectivity index (χ0) is 14.5. The zero-order valence-electron chi connectivity index (χ0n) is 12.3. The lowest BCUT2D eigenvalue weighted by Crippen LogP contribution is -2.46. The third-order valence-electron chi connectivity index (χ3n) is 5.29. The number of halogens is 1. The maximum absolute atomic E-state index is 6.25. The monoisotopic (exact) mass is 335 g/mol. The van der Waals surface area contributed by atoms with Crippen molar-refractivity contribution in [2.24, 2.45) is 17.1 Å². The summed E-state index contributed by atoms with van der Waals surface area (Å²) in [5, 5.41) is 0. The minimum absolute atomic E-state index is 0.169. The van der Waals surface area contributed by atoms with Gasteiger partial charge in [0.1, 0.15) is 5.82 Å². The molecule has 0 bridgehead atoms. The normalized spacial score (nSPS) is 29.8. The lowest BCUT2D eigenvalue weighted by molar-refractivity contribution is 0.0954. The first-order chi connectivity index (χ1) is 9.39. The average Bonchev–Trinajstić information content (AvgIpc) is 2.78. The Morgan fingerprint density at radius 3 is 2.85 bits per heavy atom. The molecule has 1 fully saturated rings. The molecule has 0 saturated heterocycles. The summed E-state index contributed by atoms with van der Waals surface area (Å²) >= 11 is 3.51. The summed E-state index contributed by atoms with van der Waals surface area (Å²) in [5.74, 6) is 2.06. The number of nitrogens with zero attached hydrogens (tertiary/aromatic N) is 1. The van der Waals surface area contributed by atoms with Crippen LogP contribution in [0.2, 0.25) is 0 Å². The van der Waals surface area contributed by atoms with Crippen molar-refractivity contribution in [2.45, 2.75) is 45.6 Å². The molecular weight excluding hydrogens is 314 g/mol. The molecule has 1 aromatic carbocycles. The number of rotatable bonds is 1. The fraction of sp³-hybridized carbons (Fsp3) is 0.562. The Bertz CT molecular complexity index is 632. The standard InChI is InChI=1S/C16H22BrN3/c1-9-12(18)6-5-11(16(9,2)3)15-19-13-7-4-10(17)8-14(13)20-15/h4,7-9,11-12H,5-6,18H2,1-3H3,(H,19,20). The van der Waals surface area contributed by atoms with Gasteiger partial charge in [-0.3, -0.25) is 0 Å². The van der Waals surface area contributed by atoms with Crippen LogP contribution >= 0.6 is 15.9 Å². The van der Waals surface area contributed by atoms with Crippen molar-refractivity contribution in [3.63, 3.8) is 0 Å². The third-order valence-corrected chi connectivity index (χ3v) is 5.79. The molecule has 3 nitrogen and oxygen atoms in total. The Hall–Kier alpha value is -0.870. The molecule has 1 aliphatic rings. The van der Waals surface area contributed by atoms with E-state index < -0.39 is 0 Å². The second kappa shape index (κ2) is 4.85. The van der Waals surface area contributed by atoms with E-state index in [9.17, 15) is 0 Å². The minimum Gasteiger partial charge on any atom is -0.342 e. The van der Waals surface area contributed by atoms with Gasteiger partial charge in [-0.05, 0) is 42.4 Å². The second-order valence-corrected chi connectivity index (χ2v) is 7.60. The van der Waals surface area contributed by atoms with E-state index >= 15 is 0 Å². The van der Waals surface area contributed by atoms with Gasteiger partial charge in [0.25, 0.3) is 0 Å². The number of aromatic nitrogens is 2. The summed E-state index contributed by atoms with van der Waals surface area (Å²) < 4.78 is 1.08. The van der Waals surface area contributed by atoms with Gasteiger partial charge in [-0.15, -0.1) is 0 Å². The summed E-state index contributed by atoms with van der Waals surface area (Å²) in [6.45, 7) is 6.92. The molecule has 1 saturated carbocycles. The number of H-pyrrole nitrogens is 1. The summed E-state index contributed by atoms with van der Waals surface area (Å²) in [6, 6.07) is 6.50. The van der Waals surface area contributed by atoms with Crippen molar-refractivity contribution in [1.82, 2.24) is 9.97 Å². The smallest absolute Gasteiger partial charge is 0.110 e. The van der Waals surface area contributed by atoms with Crippen molar-refractivity contribution in [3.05, 3.63) is 28.5 Å². The molecule has 0 spiro atoms. The van der Waals surface area contributed by atoms with Crippen molar-refractivity contribution in [3.8, 4) is 0 Å². The molecule has 3 atom stereocenters. The molecule has 0 radical (unpaired) electrons. The van der Waals surface area contributed by atoms with Crippen LogP contribution in [0, 0.1) is 11.3 Å². The first-order valence-corrected chi connectivity index (χ1v) is 8.09. The van der Waals surface area contributed by atoms with Crippen molar-refractivity contribution in [2.75, 3.05) is 0 Å². The van der Waals surface area contributed by atoms with E-state index in [0.717, 1.165) is 34.2 Å². The van der Waals surface area contributed by atoms with Crippen molar-refractivity contribution < 1.29 is 0 Å². The number of aromatic amines is 1. The van der Waals surface area contributed by atoms with Gasteiger partial charge in [-0.1, -0.05) is 36.7 Å². The van der Waals surface area contributed by atoms with E-state index in [0.29, 0.717) is 17.9 Å². The maximum Gasteiger partial charge on any atom is 0.110 e. The highest BCUT2D eigenvalue weighted by molar-refractivity contribution is 9.10. The van der Waals surface area contributed by atoms with E-state index in [-0.39, 0.29) is 5.41 Å². The number of fused-ring (bicyclic) bond motifs is 1. The average molecular weight is 336 g/mol. The molecule has 20 heavy (non-hydrogen) atoms. The molecule has 1 aliphatic carbocycles. The van der Waals surface area contributed by atoms with E-state index in [4.69, 9.17) is 10.7 Å². The fourth-order valence-corrected chi connectivity index (χ4v) is 3.87. The molecule has 1 aromatic heterocycles.